The van der Waals surface area contributed by atoms with Gasteiger partial charge in [-0.2, -0.15) is 0 Å². The Kier molecular flexibility index (Phi) is 9.63. The molecule has 11 heteroatoms. The number of carboxylic acids is 1. The third-order valence-corrected chi connectivity index (χ3v) is 6.75. The lowest BCUT2D eigenvalue weighted by Crippen LogP contribution is -2.23. The lowest BCUT2D eigenvalue weighted by molar-refractivity contribution is -0.154. The number of esters is 1. The van der Waals surface area contributed by atoms with Crippen LogP contribution in [-0.2, 0) is 26.0 Å². The summed E-state index contributed by atoms with van der Waals surface area (Å²) in [6.45, 7) is 5.46. The van der Waals surface area contributed by atoms with Crippen molar-refractivity contribution >= 4 is 27.8 Å². The van der Waals surface area contributed by atoms with Crippen LogP contribution in [0.3, 0.4) is 0 Å². The maximum atomic E-state index is 14.3. The van der Waals surface area contributed by atoms with Crippen molar-refractivity contribution < 1.29 is 37.0 Å². The molecule has 0 fully saturated rings. The zero-order chi connectivity index (χ0) is 28.6. The molecule has 0 aliphatic rings. The number of nitrogens with zero attached hydrogens (tertiary/aromatic N) is 1. The van der Waals surface area contributed by atoms with Gasteiger partial charge in [0.05, 0.1) is 10.5 Å². The summed E-state index contributed by atoms with van der Waals surface area (Å²) in [7, 11) is -3.97. The number of halogens is 1. The van der Waals surface area contributed by atoms with Crippen LogP contribution in [0.2, 0.25) is 0 Å². The number of aryl methyl sites for hydroxylation is 1. The number of carboxylic acid groups (broad SMARTS) is 1. The number of rotatable bonds is 12. The van der Waals surface area contributed by atoms with E-state index in [1.807, 2.05) is 20.8 Å². The summed E-state index contributed by atoms with van der Waals surface area (Å²) in [5, 5.41) is 8.93. The maximum absolute atomic E-state index is 14.3. The van der Waals surface area contributed by atoms with Crippen LogP contribution in [0.4, 0.5) is 10.2 Å². The van der Waals surface area contributed by atoms with Gasteiger partial charge in [0, 0.05) is 12.6 Å². The zero-order valence-electron chi connectivity index (χ0n) is 21.9. The monoisotopic (exact) mass is 558 g/mol. The molecule has 39 heavy (non-hydrogen) atoms. The molecular weight excluding hydrogens is 527 g/mol. The molecule has 0 amide bonds. The minimum Gasteiger partial charge on any atom is -0.478 e. The van der Waals surface area contributed by atoms with Gasteiger partial charge in [0.15, 0.2) is 0 Å². The number of aromatic carboxylic acids is 1. The molecule has 0 aliphatic carbocycles. The highest BCUT2D eigenvalue weighted by molar-refractivity contribution is 7.92. The van der Waals surface area contributed by atoms with Crippen LogP contribution in [0, 0.1) is 5.82 Å². The molecule has 3 rings (SSSR count). The first kappa shape index (κ1) is 29.6. The first-order valence-electron chi connectivity index (χ1n) is 12.3. The van der Waals surface area contributed by atoms with E-state index in [-0.39, 0.29) is 28.1 Å². The second-order valence-corrected chi connectivity index (χ2v) is 11.5. The molecule has 2 aromatic carbocycles. The Bertz CT molecular complexity index is 1400. The first-order valence-corrected chi connectivity index (χ1v) is 13.8. The number of benzene rings is 2. The molecule has 208 valence electrons. The van der Waals surface area contributed by atoms with Crippen molar-refractivity contribution in [2.75, 3.05) is 4.72 Å². The molecule has 0 unspecified atom stereocenters. The third-order valence-electron chi connectivity index (χ3n) is 5.38. The van der Waals surface area contributed by atoms with E-state index in [2.05, 4.69) is 9.71 Å². The number of hydrogen-bond acceptors (Lipinski definition) is 7. The Morgan fingerprint density at radius 3 is 2.28 bits per heavy atom. The lowest BCUT2D eigenvalue weighted by Gasteiger charge is -2.19. The molecule has 0 radical (unpaired) electrons. The van der Waals surface area contributed by atoms with Gasteiger partial charge >= 0.3 is 11.9 Å². The van der Waals surface area contributed by atoms with Gasteiger partial charge in [-0.15, -0.1) is 0 Å². The number of nitrogens with one attached hydrogen (secondary N) is 1. The fraction of sp³-hybridized carbons (Fsp3) is 0.321. The Labute approximate surface area is 227 Å². The molecule has 0 bridgehead atoms. The molecule has 1 aromatic heterocycles. The molecular formula is C28H31FN2O7S. The van der Waals surface area contributed by atoms with Gasteiger partial charge in [0.2, 0.25) is 0 Å². The molecule has 9 nitrogen and oxygen atoms in total. The van der Waals surface area contributed by atoms with Crippen LogP contribution in [0.25, 0.3) is 0 Å². The lowest BCUT2D eigenvalue weighted by atomic mass is 10.1. The van der Waals surface area contributed by atoms with E-state index >= 15 is 0 Å². The van der Waals surface area contributed by atoms with Crippen molar-refractivity contribution in [3.63, 3.8) is 0 Å². The topological polar surface area (TPSA) is 132 Å². The molecule has 0 atom stereocenters. The predicted octanol–water partition coefficient (Wildman–Crippen LogP) is 5.96. The highest BCUT2D eigenvalue weighted by atomic mass is 32.2. The van der Waals surface area contributed by atoms with Crippen molar-refractivity contribution in [1.82, 2.24) is 4.98 Å². The Hall–Kier alpha value is -3.99. The zero-order valence-corrected chi connectivity index (χ0v) is 22.8. The predicted molar refractivity (Wildman–Crippen MR) is 143 cm³/mol. The molecule has 1 heterocycles. The van der Waals surface area contributed by atoms with Crippen LogP contribution in [0.1, 0.15) is 62.4 Å². The smallest absolute Gasteiger partial charge is 0.337 e. The van der Waals surface area contributed by atoms with E-state index in [9.17, 15) is 22.4 Å². The number of ether oxygens (including phenoxy) is 2. The molecule has 0 saturated heterocycles. The van der Waals surface area contributed by atoms with E-state index in [0.717, 1.165) is 12.6 Å². The second kappa shape index (κ2) is 12.7. The van der Waals surface area contributed by atoms with E-state index in [0.29, 0.717) is 42.7 Å². The standard InChI is InChI=1S/C28H31FN2O7S/c1-28(2,3)38-26(32)8-6-4-5-7-19-17-22(12-15-24(19)29)37-21-10-13-23(14-11-21)39(35,36)31-25-16-9-20(18-30-25)27(33)34/h9-18H,4-8H2,1-3H3,(H,30,31)(H,33,34). The number of carbonyl (C=O) groups excluding carboxylic acids is 1. The number of unbranched alkanes of at least 4 members (excludes halogenated alkanes) is 2. The number of hydrogen-bond donors (Lipinski definition) is 2. The minimum absolute atomic E-state index is 0.0241. The van der Waals surface area contributed by atoms with Gasteiger partial charge in [-0.05, 0) is 100 Å². The molecule has 0 spiro atoms. The summed E-state index contributed by atoms with van der Waals surface area (Å²) < 4.78 is 53.0. The van der Waals surface area contributed by atoms with E-state index in [4.69, 9.17) is 14.6 Å². The number of aromatic nitrogens is 1. The van der Waals surface area contributed by atoms with E-state index in [1.165, 1.54) is 48.5 Å². The van der Waals surface area contributed by atoms with Crippen LogP contribution in [0.15, 0.2) is 65.7 Å². The highest BCUT2D eigenvalue weighted by Gasteiger charge is 2.17. The minimum atomic E-state index is -3.97. The van der Waals surface area contributed by atoms with Crippen LogP contribution in [-0.4, -0.2) is 36.0 Å². The van der Waals surface area contributed by atoms with Gasteiger partial charge in [-0.3, -0.25) is 9.52 Å². The van der Waals surface area contributed by atoms with Crippen LogP contribution >= 0.6 is 0 Å². The normalized spacial score (nSPS) is 11.6. The van der Waals surface area contributed by atoms with Crippen molar-refractivity contribution in [2.45, 2.75) is 63.4 Å². The number of sulfonamides is 1. The van der Waals surface area contributed by atoms with E-state index in [1.54, 1.807) is 6.07 Å². The number of pyridine rings is 1. The van der Waals surface area contributed by atoms with Gasteiger partial charge in [-0.25, -0.2) is 22.6 Å². The van der Waals surface area contributed by atoms with Crippen LogP contribution < -0.4 is 9.46 Å². The maximum Gasteiger partial charge on any atom is 0.337 e. The SMILES string of the molecule is CC(C)(C)OC(=O)CCCCCc1cc(Oc2ccc(S(=O)(=O)Nc3ccc(C(=O)O)cn3)cc2)ccc1F. The summed E-state index contributed by atoms with van der Waals surface area (Å²) >= 11 is 0. The van der Waals surface area contributed by atoms with Crippen molar-refractivity contribution in [3.05, 3.63) is 77.7 Å². The Morgan fingerprint density at radius 1 is 0.974 bits per heavy atom. The van der Waals surface area contributed by atoms with Crippen molar-refractivity contribution in [1.29, 1.82) is 0 Å². The first-order chi connectivity index (χ1) is 18.3. The van der Waals surface area contributed by atoms with Gasteiger partial charge < -0.3 is 14.6 Å². The van der Waals surface area contributed by atoms with Crippen molar-refractivity contribution in [3.8, 4) is 11.5 Å². The quantitative estimate of drug-likeness (QED) is 0.206. The Morgan fingerprint density at radius 2 is 1.67 bits per heavy atom. The second-order valence-electron chi connectivity index (χ2n) is 9.82. The average molecular weight is 559 g/mol. The largest absolute Gasteiger partial charge is 0.478 e. The Balaban J connectivity index is 1.55. The number of anilines is 1. The molecule has 2 N–H and O–H groups in total. The van der Waals surface area contributed by atoms with E-state index < -0.39 is 21.6 Å². The molecule has 0 saturated carbocycles. The van der Waals surface area contributed by atoms with Crippen molar-refractivity contribution in [2.24, 2.45) is 0 Å². The van der Waals surface area contributed by atoms with Crippen LogP contribution in [0.5, 0.6) is 11.5 Å². The van der Waals surface area contributed by atoms with Gasteiger partial charge in [-0.1, -0.05) is 6.42 Å². The fourth-order valence-electron chi connectivity index (χ4n) is 3.56. The third kappa shape index (κ3) is 9.36. The van der Waals surface area contributed by atoms with Gasteiger partial charge in [0.1, 0.15) is 28.7 Å². The summed E-state index contributed by atoms with van der Waals surface area (Å²) in [4.78, 5) is 26.5. The highest BCUT2D eigenvalue weighted by Crippen LogP contribution is 2.26. The average Bonchev–Trinajstić information content (AvgIpc) is 2.85. The number of carbonyl (C=O) groups is 2. The molecule has 3 aromatic rings. The summed E-state index contributed by atoms with van der Waals surface area (Å²) in [5.74, 6) is -1.04. The van der Waals surface area contributed by atoms with Gasteiger partial charge in [0.25, 0.3) is 10.0 Å². The summed E-state index contributed by atoms with van der Waals surface area (Å²) in [5.41, 5.74) is -0.0995. The summed E-state index contributed by atoms with van der Waals surface area (Å²) in [6.07, 6.45) is 3.93. The fourth-order valence-corrected chi connectivity index (χ4v) is 4.57. The molecule has 0 aliphatic heterocycles. The summed E-state index contributed by atoms with van der Waals surface area (Å²) in [6, 6.07) is 12.5.